The van der Waals surface area contributed by atoms with Crippen LogP contribution in [0.4, 0.5) is 13.2 Å². The minimum atomic E-state index is -4.34. The van der Waals surface area contributed by atoms with Gasteiger partial charge in [0.2, 0.25) is 11.2 Å². The largest absolute Gasteiger partial charge is 0.502 e. The Morgan fingerprint density at radius 1 is 1.04 bits per heavy atom. The third-order valence-corrected chi connectivity index (χ3v) is 3.57. The molecule has 0 spiro atoms. The van der Waals surface area contributed by atoms with Gasteiger partial charge in [-0.15, -0.1) is 0 Å². The van der Waals surface area contributed by atoms with Crippen molar-refractivity contribution in [3.8, 4) is 5.75 Å². The lowest BCUT2D eigenvalue weighted by Crippen LogP contribution is -2.27. The summed E-state index contributed by atoms with van der Waals surface area (Å²) in [7, 11) is 0. The number of nitrogens with one attached hydrogen (secondary N) is 2. The third kappa shape index (κ3) is 5.58. The Morgan fingerprint density at radius 2 is 1.65 bits per heavy atom. The van der Waals surface area contributed by atoms with Crippen LogP contribution in [0.5, 0.6) is 5.75 Å². The van der Waals surface area contributed by atoms with Crippen LogP contribution in [0, 0.1) is 0 Å². The molecule has 26 heavy (non-hydrogen) atoms. The average molecular weight is 372 g/mol. The maximum Gasteiger partial charge on any atom is 0.416 e. The number of halogens is 3. The Kier molecular flexibility index (Phi) is 6.78. The molecule has 1 heterocycles. The molecular formula is C17H19F3N2O4. The van der Waals surface area contributed by atoms with Gasteiger partial charge in [0.05, 0.1) is 12.1 Å². The number of aliphatic hydroxyl groups excluding tert-OH is 1. The average Bonchev–Trinajstić information content (AvgIpc) is 2.60. The highest BCUT2D eigenvalue weighted by Crippen LogP contribution is 2.29. The van der Waals surface area contributed by atoms with Gasteiger partial charge in [-0.05, 0) is 17.7 Å². The van der Waals surface area contributed by atoms with Gasteiger partial charge in [-0.25, -0.2) is 0 Å². The van der Waals surface area contributed by atoms with Crippen LogP contribution in [-0.4, -0.2) is 23.3 Å². The predicted octanol–water partition coefficient (Wildman–Crippen LogP) is 1.74. The monoisotopic (exact) mass is 372 g/mol. The zero-order valence-electron chi connectivity index (χ0n) is 13.8. The maximum atomic E-state index is 12.5. The van der Waals surface area contributed by atoms with Gasteiger partial charge in [0.1, 0.15) is 12.4 Å². The van der Waals surface area contributed by atoms with Crippen LogP contribution in [0.3, 0.4) is 0 Å². The molecule has 0 saturated heterocycles. The first-order valence-corrected chi connectivity index (χ1v) is 7.84. The first-order valence-electron chi connectivity index (χ1n) is 7.84. The van der Waals surface area contributed by atoms with E-state index in [9.17, 15) is 23.1 Å². The smallest absolute Gasteiger partial charge is 0.416 e. The molecule has 0 bridgehead atoms. The van der Waals surface area contributed by atoms with Crippen molar-refractivity contribution in [3.63, 3.8) is 0 Å². The van der Waals surface area contributed by atoms with Gasteiger partial charge in [-0.2, -0.15) is 13.2 Å². The summed E-state index contributed by atoms with van der Waals surface area (Å²) in [6.45, 7) is 1.02. The molecule has 2 aromatic rings. The van der Waals surface area contributed by atoms with Crippen LogP contribution in [0.15, 0.2) is 39.5 Å². The maximum absolute atomic E-state index is 12.5. The van der Waals surface area contributed by atoms with Crippen LogP contribution in [0.1, 0.15) is 22.6 Å². The number of hydrogen-bond acceptors (Lipinski definition) is 6. The summed E-state index contributed by atoms with van der Waals surface area (Å²) in [5, 5.41) is 24.6. The van der Waals surface area contributed by atoms with Crippen LogP contribution in [-0.2, 0) is 25.9 Å². The molecule has 2 rings (SSSR count). The van der Waals surface area contributed by atoms with Gasteiger partial charge < -0.3 is 25.3 Å². The molecule has 1 aromatic heterocycles. The fourth-order valence-electron chi connectivity index (χ4n) is 2.21. The molecule has 142 valence electrons. The van der Waals surface area contributed by atoms with Crippen molar-refractivity contribution in [3.05, 3.63) is 63.2 Å². The molecule has 4 N–H and O–H groups in total. The molecule has 0 fully saturated rings. The van der Waals surface area contributed by atoms with E-state index in [1.165, 1.54) is 12.1 Å². The third-order valence-electron chi connectivity index (χ3n) is 3.57. The van der Waals surface area contributed by atoms with E-state index in [2.05, 4.69) is 10.6 Å². The molecule has 9 heteroatoms. The first-order chi connectivity index (χ1) is 12.3. The van der Waals surface area contributed by atoms with E-state index in [4.69, 9.17) is 9.52 Å². The fraction of sp³-hybridized carbons (Fsp3) is 0.353. The number of aromatic hydroxyl groups is 1. The van der Waals surface area contributed by atoms with Crippen LogP contribution in [0.2, 0.25) is 0 Å². The SMILES string of the molecule is O=c1cc(CO)oc(CNCCNCc2ccc(C(F)(F)F)cc2)c1O. The first kappa shape index (κ1) is 20.0. The van der Waals surface area contributed by atoms with Crippen molar-refractivity contribution < 1.29 is 27.8 Å². The highest BCUT2D eigenvalue weighted by atomic mass is 19.4. The topological polar surface area (TPSA) is 94.7 Å². The van der Waals surface area contributed by atoms with Gasteiger partial charge in [-0.1, -0.05) is 12.1 Å². The molecule has 6 nitrogen and oxygen atoms in total. The molecule has 0 amide bonds. The number of alkyl halides is 3. The Labute approximate surface area is 147 Å². The standard InChI is InChI=1S/C17H19F3N2O4/c18-17(19,20)12-3-1-11(2-4-12)8-21-5-6-22-9-15-16(25)14(24)7-13(10-23)26-15/h1-4,7,21-23,25H,5-6,8-10H2. The van der Waals surface area contributed by atoms with Crippen molar-refractivity contribution >= 4 is 0 Å². The van der Waals surface area contributed by atoms with Crippen molar-refractivity contribution in [1.29, 1.82) is 0 Å². The summed E-state index contributed by atoms with van der Waals surface area (Å²) < 4.78 is 42.6. The molecular weight excluding hydrogens is 353 g/mol. The molecule has 0 aliphatic heterocycles. The van der Waals surface area contributed by atoms with Gasteiger partial charge in [0.25, 0.3) is 0 Å². The summed E-state index contributed by atoms with van der Waals surface area (Å²) in [4.78, 5) is 11.5. The summed E-state index contributed by atoms with van der Waals surface area (Å²) in [6.07, 6.45) is -4.34. The second-order valence-corrected chi connectivity index (χ2v) is 5.56. The van der Waals surface area contributed by atoms with Crippen molar-refractivity contribution in [2.45, 2.75) is 25.9 Å². The Balaban J connectivity index is 1.73. The summed E-state index contributed by atoms with van der Waals surface area (Å²) in [5.74, 6) is -0.415. The van der Waals surface area contributed by atoms with E-state index in [0.29, 0.717) is 19.6 Å². The number of aliphatic hydroxyl groups is 1. The van der Waals surface area contributed by atoms with Gasteiger partial charge >= 0.3 is 6.18 Å². The molecule has 0 aliphatic carbocycles. The van der Waals surface area contributed by atoms with Gasteiger partial charge in [-0.3, -0.25) is 4.79 Å². The predicted molar refractivity (Wildman–Crippen MR) is 87.4 cm³/mol. The molecule has 1 aromatic carbocycles. The van der Waals surface area contributed by atoms with E-state index in [0.717, 1.165) is 23.8 Å². The lowest BCUT2D eigenvalue weighted by Gasteiger charge is -2.09. The number of rotatable bonds is 8. The second kappa shape index (κ2) is 8.84. The van der Waals surface area contributed by atoms with Crippen LogP contribution >= 0.6 is 0 Å². The lowest BCUT2D eigenvalue weighted by atomic mass is 10.1. The molecule has 0 aliphatic rings. The van der Waals surface area contributed by atoms with Crippen molar-refractivity contribution in [2.24, 2.45) is 0 Å². The number of hydrogen-bond donors (Lipinski definition) is 4. The Bertz CT molecular complexity index is 773. The molecule has 0 saturated carbocycles. The number of benzene rings is 1. The summed E-state index contributed by atoms with van der Waals surface area (Å²) in [5.41, 5.74) is -0.593. The van der Waals surface area contributed by atoms with Crippen molar-refractivity contribution in [2.75, 3.05) is 13.1 Å². The summed E-state index contributed by atoms with van der Waals surface area (Å²) >= 11 is 0. The molecule has 0 radical (unpaired) electrons. The minimum absolute atomic E-state index is 0.0317. The molecule has 0 unspecified atom stereocenters. The van der Waals surface area contributed by atoms with E-state index in [1.807, 2.05) is 0 Å². The highest BCUT2D eigenvalue weighted by molar-refractivity contribution is 5.25. The van der Waals surface area contributed by atoms with Crippen molar-refractivity contribution in [1.82, 2.24) is 10.6 Å². The lowest BCUT2D eigenvalue weighted by molar-refractivity contribution is -0.137. The fourth-order valence-corrected chi connectivity index (χ4v) is 2.21. The minimum Gasteiger partial charge on any atom is -0.502 e. The Hall–Kier alpha value is -2.36. The van der Waals surface area contributed by atoms with Crippen LogP contribution < -0.4 is 16.1 Å². The zero-order valence-corrected chi connectivity index (χ0v) is 13.8. The van der Waals surface area contributed by atoms with E-state index < -0.39 is 29.5 Å². The van der Waals surface area contributed by atoms with E-state index >= 15 is 0 Å². The van der Waals surface area contributed by atoms with Crippen LogP contribution in [0.25, 0.3) is 0 Å². The quantitative estimate of drug-likeness (QED) is 0.528. The van der Waals surface area contributed by atoms with Gasteiger partial charge in [0, 0.05) is 25.7 Å². The Morgan fingerprint density at radius 3 is 2.23 bits per heavy atom. The van der Waals surface area contributed by atoms with E-state index in [-0.39, 0.29) is 18.1 Å². The zero-order chi connectivity index (χ0) is 19.2. The summed E-state index contributed by atoms with van der Waals surface area (Å²) in [6, 6.07) is 5.92. The normalized spacial score (nSPS) is 11.7. The highest BCUT2D eigenvalue weighted by Gasteiger charge is 2.29. The van der Waals surface area contributed by atoms with Gasteiger partial charge in [0.15, 0.2) is 5.76 Å². The molecule has 0 atom stereocenters. The second-order valence-electron chi connectivity index (χ2n) is 5.56. The van der Waals surface area contributed by atoms with E-state index in [1.54, 1.807) is 0 Å².